The van der Waals surface area contributed by atoms with Crippen molar-refractivity contribution >= 4 is 17.9 Å². The zero-order valence-corrected chi connectivity index (χ0v) is 9.69. The Morgan fingerprint density at radius 3 is 2.69 bits per heavy atom. The van der Waals surface area contributed by atoms with Crippen molar-refractivity contribution in [3.05, 3.63) is 40.4 Å². The zero-order valence-electron chi connectivity index (χ0n) is 8.94. The van der Waals surface area contributed by atoms with E-state index in [1.165, 1.54) is 0 Å². The minimum atomic E-state index is 0.500. The number of aldehydes is 1. The molecule has 82 valence electrons. The number of nitrogens with zero attached hydrogens (tertiary/aromatic N) is 3. The van der Waals surface area contributed by atoms with E-state index in [1.807, 2.05) is 6.92 Å². The molecular weight excluding hydrogens is 226 g/mol. The van der Waals surface area contributed by atoms with Gasteiger partial charge in [-0.15, -0.1) is 0 Å². The van der Waals surface area contributed by atoms with Gasteiger partial charge in [-0.25, -0.2) is 9.67 Å². The molecule has 5 heteroatoms. The van der Waals surface area contributed by atoms with Gasteiger partial charge in [0, 0.05) is 10.6 Å². The molecule has 0 saturated heterocycles. The first-order valence-electron chi connectivity index (χ1n) is 4.77. The third-order valence-corrected chi connectivity index (χ3v) is 2.45. The summed E-state index contributed by atoms with van der Waals surface area (Å²) in [5.74, 6) is 1.41. The molecule has 0 radical (unpaired) electrons. The van der Waals surface area contributed by atoms with E-state index in [0.717, 1.165) is 12.1 Å². The number of carbonyl (C=O) groups is 1. The number of rotatable bonds is 2. The maximum atomic E-state index is 11.0. The van der Waals surface area contributed by atoms with Gasteiger partial charge in [-0.05, 0) is 32.0 Å². The van der Waals surface area contributed by atoms with E-state index < -0.39 is 0 Å². The molecule has 0 amide bonds. The second-order valence-corrected chi connectivity index (χ2v) is 3.88. The molecule has 0 saturated carbocycles. The van der Waals surface area contributed by atoms with Gasteiger partial charge in [0.1, 0.15) is 11.6 Å². The van der Waals surface area contributed by atoms with Crippen molar-refractivity contribution in [3.8, 4) is 5.69 Å². The van der Waals surface area contributed by atoms with Crippen LogP contribution in [0.2, 0.25) is 5.02 Å². The van der Waals surface area contributed by atoms with Crippen LogP contribution in [0.1, 0.15) is 22.0 Å². The van der Waals surface area contributed by atoms with E-state index in [4.69, 9.17) is 11.6 Å². The molecule has 2 rings (SSSR count). The molecule has 16 heavy (non-hydrogen) atoms. The standard InChI is InChI=1S/C11H10ClN3O/c1-7-13-8(2)15(14-7)11-4-3-10(12)5-9(11)6-16/h3-6H,1-2H3. The Morgan fingerprint density at radius 1 is 1.38 bits per heavy atom. The van der Waals surface area contributed by atoms with Gasteiger partial charge in [0.15, 0.2) is 6.29 Å². The van der Waals surface area contributed by atoms with E-state index in [1.54, 1.807) is 29.8 Å². The summed E-state index contributed by atoms with van der Waals surface area (Å²) in [6.45, 7) is 3.64. The summed E-state index contributed by atoms with van der Waals surface area (Å²) in [4.78, 5) is 15.1. The van der Waals surface area contributed by atoms with E-state index in [-0.39, 0.29) is 0 Å². The monoisotopic (exact) mass is 235 g/mol. The third-order valence-electron chi connectivity index (χ3n) is 2.22. The molecule has 0 aliphatic carbocycles. The minimum Gasteiger partial charge on any atom is -0.298 e. The maximum absolute atomic E-state index is 11.0. The highest BCUT2D eigenvalue weighted by Crippen LogP contribution is 2.18. The van der Waals surface area contributed by atoms with Gasteiger partial charge < -0.3 is 0 Å². The number of hydrogen-bond acceptors (Lipinski definition) is 3. The van der Waals surface area contributed by atoms with Crippen molar-refractivity contribution in [1.29, 1.82) is 0 Å². The first kappa shape index (κ1) is 10.8. The predicted molar refractivity (Wildman–Crippen MR) is 61.2 cm³/mol. The molecule has 1 heterocycles. The highest BCUT2D eigenvalue weighted by Gasteiger charge is 2.09. The van der Waals surface area contributed by atoms with Gasteiger partial charge >= 0.3 is 0 Å². The quantitative estimate of drug-likeness (QED) is 0.751. The summed E-state index contributed by atoms with van der Waals surface area (Å²) < 4.78 is 1.63. The first-order chi connectivity index (χ1) is 7.61. The lowest BCUT2D eigenvalue weighted by molar-refractivity contribution is 0.112. The van der Waals surface area contributed by atoms with Crippen LogP contribution >= 0.6 is 11.6 Å². The van der Waals surface area contributed by atoms with Crippen molar-refractivity contribution in [2.75, 3.05) is 0 Å². The van der Waals surface area contributed by atoms with Crippen molar-refractivity contribution in [1.82, 2.24) is 14.8 Å². The third kappa shape index (κ3) is 1.84. The Hall–Kier alpha value is -1.68. The molecule has 0 aliphatic rings. The summed E-state index contributed by atoms with van der Waals surface area (Å²) in [5, 5.41) is 4.75. The van der Waals surface area contributed by atoms with Crippen LogP contribution in [0.15, 0.2) is 18.2 Å². The topological polar surface area (TPSA) is 47.8 Å². The fourth-order valence-corrected chi connectivity index (χ4v) is 1.74. The second-order valence-electron chi connectivity index (χ2n) is 3.44. The van der Waals surface area contributed by atoms with E-state index in [2.05, 4.69) is 10.1 Å². The summed E-state index contributed by atoms with van der Waals surface area (Å²) in [6.07, 6.45) is 0.762. The summed E-state index contributed by atoms with van der Waals surface area (Å²) in [6, 6.07) is 5.09. The average molecular weight is 236 g/mol. The van der Waals surface area contributed by atoms with E-state index in [9.17, 15) is 4.79 Å². The molecule has 0 N–H and O–H groups in total. The molecule has 1 aromatic heterocycles. The van der Waals surface area contributed by atoms with Crippen molar-refractivity contribution in [2.45, 2.75) is 13.8 Å². The Bertz CT molecular complexity index is 548. The van der Waals surface area contributed by atoms with Gasteiger partial charge in [0.25, 0.3) is 0 Å². The van der Waals surface area contributed by atoms with Crippen LogP contribution in [0, 0.1) is 13.8 Å². The largest absolute Gasteiger partial charge is 0.298 e. The van der Waals surface area contributed by atoms with Crippen molar-refractivity contribution in [3.63, 3.8) is 0 Å². The number of carbonyl (C=O) groups excluding carboxylic acids is 1. The fraction of sp³-hybridized carbons (Fsp3) is 0.182. The molecule has 0 fully saturated rings. The molecule has 0 unspecified atom stereocenters. The molecule has 2 aromatic rings. The van der Waals surface area contributed by atoms with Crippen LogP contribution < -0.4 is 0 Å². The molecule has 1 aromatic carbocycles. The van der Waals surface area contributed by atoms with Crippen LogP contribution in [0.5, 0.6) is 0 Å². The average Bonchev–Trinajstić information content (AvgIpc) is 2.57. The van der Waals surface area contributed by atoms with Crippen LogP contribution in [0.3, 0.4) is 0 Å². The zero-order chi connectivity index (χ0) is 11.7. The molecule has 0 spiro atoms. The van der Waals surface area contributed by atoms with E-state index >= 15 is 0 Å². The highest BCUT2D eigenvalue weighted by atomic mass is 35.5. The number of hydrogen-bond donors (Lipinski definition) is 0. The Balaban J connectivity index is 2.63. The smallest absolute Gasteiger partial charge is 0.152 e. The van der Waals surface area contributed by atoms with Gasteiger partial charge in [-0.1, -0.05) is 11.6 Å². The van der Waals surface area contributed by atoms with Crippen LogP contribution in [0.4, 0.5) is 0 Å². The number of benzene rings is 1. The molecule has 4 nitrogen and oxygen atoms in total. The molecule has 0 atom stereocenters. The van der Waals surface area contributed by atoms with Gasteiger partial charge in [0.05, 0.1) is 5.69 Å². The first-order valence-corrected chi connectivity index (χ1v) is 5.15. The Morgan fingerprint density at radius 2 is 2.12 bits per heavy atom. The lowest BCUT2D eigenvalue weighted by Gasteiger charge is -2.06. The predicted octanol–water partition coefficient (Wildman–Crippen LogP) is 2.35. The van der Waals surface area contributed by atoms with Crippen LogP contribution in [-0.4, -0.2) is 21.1 Å². The maximum Gasteiger partial charge on any atom is 0.152 e. The SMILES string of the molecule is Cc1nc(C)n(-c2ccc(Cl)cc2C=O)n1. The minimum absolute atomic E-state index is 0.500. The van der Waals surface area contributed by atoms with Crippen LogP contribution in [-0.2, 0) is 0 Å². The Labute approximate surface area is 97.9 Å². The molecular formula is C11H10ClN3O. The van der Waals surface area contributed by atoms with Crippen LogP contribution in [0.25, 0.3) is 5.69 Å². The summed E-state index contributed by atoms with van der Waals surface area (Å²) >= 11 is 5.82. The highest BCUT2D eigenvalue weighted by molar-refractivity contribution is 6.30. The fourth-order valence-electron chi connectivity index (χ4n) is 1.56. The molecule has 0 bridgehead atoms. The number of aryl methyl sites for hydroxylation is 2. The normalized spacial score (nSPS) is 10.4. The van der Waals surface area contributed by atoms with Crippen molar-refractivity contribution in [2.24, 2.45) is 0 Å². The van der Waals surface area contributed by atoms with E-state index in [0.29, 0.717) is 22.1 Å². The van der Waals surface area contributed by atoms with Crippen molar-refractivity contribution < 1.29 is 4.79 Å². The summed E-state index contributed by atoms with van der Waals surface area (Å²) in [5.41, 5.74) is 1.19. The van der Waals surface area contributed by atoms with Gasteiger partial charge in [0.2, 0.25) is 0 Å². The van der Waals surface area contributed by atoms with Gasteiger partial charge in [-0.2, -0.15) is 5.10 Å². The second kappa shape index (κ2) is 4.06. The summed E-state index contributed by atoms with van der Waals surface area (Å²) in [7, 11) is 0. The van der Waals surface area contributed by atoms with Gasteiger partial charge in [-0.3, -0.25) is 4.79 Å². The number of aromatic nitrogens is 3. The lowest BCUT2D eigenvalue weighted by atomic mass is 10.2. The lowest BCUT2D eigenvalue weighted by Crippen LogP contribution is -2.03. The molecule has 0 aliphatic heterocycles. The Kier molecular flexibility index (Phi) is 2.75. The number of halogens is 1.